The third kappa shape index (κ3) is 5.24. The van der Waals surface area contributed by atoms with E-state index in [1.54, 1.807) is 4.90 Å². The second-order valence-corrected chi connectivity index (χ2v) is 5.72. The van der Waals surface area contributed by atoms with Crippen LogP contribution in [0.25, 0.3) is 0 Å². The zero-order valence-electron chi connectivity index (χ0n) is 13.3. The summed E-state index contributed by atoms with van der Waals surface area (Å²) < 4.78 is 0. The van der Waals surface area contributed by atoms with Gasteiger partial charge in [0.15, 0.2) is 0 Å². The van der Waals surface area contributed by atoms with Gasteiger partial charge in [0.1, 0.15) is 0 Å². The fourth-order valence-corrected chi connectivity index (χ4v) is 2.35. The second-order valence-electron chi connectivity index (χ2n) is 5.72. The zero-order chi connectivity index (χ0) is 15.8. The van der Waals surface area contributed by atoms with E-state index >= 15 is 0 Å². The lowest BCUT2D eigenvalue weighted by Crippen LogP contribution is -2.41. The van der Waals surface area contributed by atoms with Crippen LogP contribution in [0.1, 0.15) is 24.5 Å². The van der Waals surface area contributed by atoms with Gasteiger partial charge in [0.25, 0.3) is 0 Å². The van der Waals surface area contributed by atoms with Crippen molar-refractivity contribution in [3.05, 3.63) is 71.8 Å². The standard InChI is InChI=1S/C19H24N2O/c1-16(13-14-17-9-5-3-6-10-17)20-19(22)21(2)15-18-11-7-4-8-12-18/h3-12,16H,13-15H2,1-2H3,(H,20,22). The predicted octanol–water partition coefficient (Wildman–Crippen LogP) is 3.85. The van der Waals surface area contributed by atoms with Crippen LogP contribution in [0, 0.1) is 0 Å². The van der Waals surface area contributed by atoms with Crippen molar-refractivity contribution in [2.24, 2.45) is 0 Å². The van der Waals surface area contributed by atoms with Gasteiger partial charge in [0.05, 0.1) is 0 Å². The molecular weight excluding hydrogens is 272 g/mol. The molecule has 0 aliphatic carbocycles. The lowest BCUT2D eigenvalue weighted by Gasteiger charge is -2.21. The molecule has 22 heavy (non-hydrogen) atoms. The third-order valence-electron chi connectivity index (χ3n) is 3.69. The Kier molecular flexibility index (Phi) is 6.01. The van der Waals surface area contributed by atoms with Crippen molar-refractivity contribution in [2.45, 2.75) is 32.4 Å². The minimum Gasteiger partial charge on any atom is -0.336 e. The minimum absolute atomic E-state index is 0.0237. The summed E-state index contributed by atoms with van der Waals surface area (Å²) in [4.78, 5) is 13.9. The lowest BCUT2D eigenvalue weighted by molar-refractivity contribution is 0.203. The molecule has 0 spiro atoms. The van der Waals surface area contributed by atoms with Crippen LogP contribution >= 0.6 is 0 Å². The van der Waals surface area contributed by atoms with Gasteiger partial charge in [-0.25, -0.2) is 4.79 Å². The van der Waals surface area contributed by atoms with Gasteiger partial charge in [-0.2, -0.15) is 0 Å². The fraction of sp³-hybridized carbons (Fsp3) is 0.316. The van der Waals surface area contributed by atoms with Crippen molar-refractivity contribution in [1.82, 2.24) is 10.2 Å². The van der Waals surface area contributed by atoms with Crippen LogP contribution < -0.4 is 5.32 Å². The molecular formula is C19H24N2O. The second kappa shape index (κ2) is 8.23. The van der Waals surface area contributed by atoms with Crippen LogP contribution in [0.3, 0.4) is 0 Å². The first kappa shape index (κ1) is 16.1. The number of hydrogen-bond donors (Lipinski definition) is 1. The number of rotatable bonds is 6. The number of amides is 2. The summed E-state index contributed by atoms with van der Waals surface area (Å²) in [7, 11) is 1.83. The van der Waals surface area contributed by atoms with Crippen LogP contribution in [-0.4, -0.2) is 24.0 Å². The van der Waals surface area contributed by atoms with Gasteiger partial charge in [-0.1, -0.05) is 60.7 Å². The van der Waals surface area contributed by atoms with E-state index in [2.05, 4.69) is 24.4 Å². The Hall–Kier alpha value is -2.29. The van der Waals surface area contributed by atoms with Crippen LogP contribution in [0.2, 0.25) is 0 Å². The van der Waals surface area contributed by atoms with Crippen LogP contribution in [0.4, 0.5) is 4.79 Å². The first-order chi connectivity index (χ1) is 10.6. The highest BCUT2D eigenvalue weighted by Crippen LogP contribution is 2.06. The van der Waals surface area contributed by atoms with Crippen molar-refractivity contribution in [1.29, 1.82) is 0 Å². The summed E-state index contributed by atoms with van der Waals surface area (Å²) in [6.45, 7) is 2.68. The van der Waals surface area contributed by atoms with Crippen molar-refractivity contribution in [2.75, 3.05) is 7.05 Å². The molecule has 116 valence electrons. The minimum atomic E-state index is -0.0237. The van der Waals surface area contributed by atoms with Gasteiger partial charge in [0.2, 0.25) is 0 Å². The Morgan fingerprint density at radius 1 is 1.00 bits per heavy atom. The number of nitrogens with one attached hydrogen (secondary N) is 1. The highest BCUT2D eigenvalue weighted by Gasteiger charge is 2.12. The van der Waals surface area contributed by atoms with Gasteiger partial charge in [-0.15, -0.1) is 0 Å². The van der Waals surface area contributed by atoms with Crippen LogP contribution in [0.15, 0.2) is 60.7 Å². The van der Waals surface area contributed by atoms with E-state index in [4.69, 9.17) is 0 Å². The maximum atomic E-state index is 12.2. The molecule has 0 saturated heterocycles. The van der Waals surface area contributed by atoms with E-state index in [-0.39, 0.29) is 12.1 Å². The molecule has 0 aromatic heterocycles. The molecule has 1 atom stereocenters. The normalized spacial score (nSPS) is 11.7. The Labute approximate surface area is 133 Å². The molecule has 0 bridgehead atoms. The molecule has 0 fully saturated rings. The van der Waals surface area contributed by atoms with E-state index < -0.39 is 0 Å². The third-order valence-corrected chi connectivity index (χ3v) is 3.69. The molecule has 0 saturated carbocycles. The number of urea groups is 1. The molecule has 2 aromatic rings. The smallest absolute Gasteiger partial charge is 0.317 e. The highest BCUT2D eigenvalue weighted by molar-refractivity contribution is 5.74. The van der Waals surface area contributed by atoms with Crippen molar-refractivity contribution >= 4 is 6.03 Å². The largest absolute Gasteiger partial charge is 0.336 e. The van der Waals surface area contributed by atoms with Gasteiger partial charge in [0, 0.05) is 19.6 Å². The molecule has 3 nitrogen and oxygen atoms in total. The van der Waals surface area contributed by atoms with Gasteiger partial charge in [-0.3, -0.25) is 0 Å². The first-order valence-corrected chi connectivity index (χ1v) is 7.74. The lowest BCUT2D eigenvalue weighted by atomic mass is 10.1. The zero-order valence-corrected chi connectivity index (χ0v) is 13.3. The predicted molar refractivity (Wildman–Crippen MR) is 90.7 cm³/mol. The molecule has 2 aromatic carbocycles. The van der Waals surface area contributed by atoms with E-state index in [1.165, 1.54) is 5.56 Å². The number of carbonyl (C=O) groups is 1. The molecule has 0 aliphatic heterocycles. The number of aryl methyl sites for hydroxylation is 1. The van der Waals surface area contributed by atoms with Crippen molar-refractivity contribution in [3.63, 3.8) is 0 Å². The Balaban J connectivity index is 1.75. The molecule has 2 amide bonds. The van der Waals surface area contributed by atoms with Crippen molar-refractivity contribution in [3.8, 4) is 0 Å². The SMILES string of the molecule is CC(CCc1ccccc1)NC(=O)N(C)Cc1ccccc1. The maximum absolute atomic E-state index is 12.2. The Morgan fingerprint density at radius 3 is 2.14 bits per heavy atom. The number of hydrogen-bond acceptors (Lipinski definition) is 1. The van der Waals surface area contributed by atoms with Crippen LogP contribution in [-0.2, 0) is 13.0 Å². The molecule has 2 rings (SSSR count). The Bertz CT molecular complexity index is 569. The quantitative estimate of drug-likeness (QED) is 0.863. The summed E-state index contributed by atoms with van der Waals surface area (Å²) in [6.07, 6.45) is 1.92. The van der Waals surface area contributed by atoms with Gasteiger partial charge < -0.3 is 10.2 Å². The van der Waals surface area contributed by atoms with Crippen LogP contribution in [0.5, 0.6) is 0 Å². The molecule has 1 N–H and O–H groups in total. The summed E-state index contributed by atoms with van der Waals surface area (Å²) in [5.41, 5.74) is 2.44. The number of nitrogens with zero attached hydrogens (tertiary/aromatic N) is 1. The average molecular weight is 296 g/mol. The summed E-state index contributed by atoms with van der Waals surface area (Å²) in [5.74, 6) is 0. The first-order valence-electron chi connectivity index (χ1n) is 7.74. The fourth-order valence-electron chi connectivity index (χ4n) is 2.35. The maximum Gasteiger partial charge on any atom is 0.317 e. The van der Waals surface area contributed by atoms with E-state index in [0.29, 0.717) is 6.54 Å². The summed E-state index contributed by atoms with van der Waals surface area (Å²) >= 11 is 0. The average Bonchev–Trinajstić information content (AvgIpc) is 2.55. The van der Waals surface area contributed by atoms with E-state index in [1.807, 2.05) is 55.6 Å². The van der Waals surface area contributed by atoms with Gasteiger partial charge in [-0.05, 0) is 30.9 Å². The topological polar surface area (TPSA) is 32.3 Å². The highest BCUT2D eigenvalue weighted by atomic mass is 16.2. The Morgan fingerprint density at radius 2 is 1.55 bits per heavy atom. The van der Waals surface area contributed by atoms with E-state index in [9.17, 15) is 4.79 Å². The number of benzene rings is 2. The molecule has 0 aliphatic rings. The monoisotopic (exact) mass is 296 g/mol. The molecule has 0 radical (unpaired) electrons. The molecule has 3 heteroatoms. The summed E-state index contributed by atoms with van der Waals surface area (Å²) in [6, 6.07) is 20.5. The number of carbonyl (C=O) groups excluding carboxylic acids is 1. The van der Waals surface area contributed by atoms with E-state index in [0.717, 1.165) is 18.4 Å². The molecule has 1 unspecified atom stereocenters. The summed E-state index contributed by atoms with van der Waals surface area (Å²) in [5, 5.41) is 3.06. The molecule has 0 heterocycles. The van der Waals surface area contributed by atoms with Gasteiger partial charge >= 0.3 is 6.03 Å². The van der Waals surface area contributed by atoms with Crippen molar-refractivity contribution < 1.29 is 4.79 Å².